The van der Waals surface area contributed by atoms with Gasteiger partial charge in [0, 0.05) is 0 Å². The number of aromatic nitrogens is 2. The van der Waals surface area contributed by atoms with Crippen LogP contribution < -0.4 is 4.72 Å². The van der Waals surface area contributed by atoms with Gasteiger partial charge in [-0.3, -0.25) is 0 Å². The zero-order valence-corrected chi connectivity index (χ0v) is 12.3. The predicted molar refractivity (Wildman–Crippen MR) is 70.5 cm³/mol. The van der Waals surface area contributed by atoms with Gasteiger partial charge in [-0.25, -0.2) is 0 Å². The molecule has 1 aliphatic rings. The van der Waals surface area contributed by atoms with Crippen LogP contribution >= 0.6 is 0 Å². The Bertz CT molecular complexity index is 820. The number of sulfonamides is 1. The zero-order chi connectivity index (χ0) is 13.5. The van der Waals surface area contributed by atoms with Crippen molar-refractivity contribution in [3.8, 4) is 0 Å². The number of rotatable bonds is 3. The van der Waals surface area contributed by atoms with Crippen molar-refractivity contribution in [2.75, 3.05) is 4.72 Å². The molecule has 0 aliphatic carbocycles. The van der Waals surface area contributed by atoms with E-state index in [4.69, 9.17) is 0 Å². The molecule has 7 nitrogen and oxygen atoms in total. The second-order valence-electron chi connectivity index (χ2n) is 3.90. The van der Waals surface area contributed by atoms with Gasteiger partial charge in [0.05, 0.1) is 0 Å². The third-order valence-corrected chi connectivity index (χ3v) is 5.22. The normalized spacial score (nSPS) is 13.1. The summed E-state index contributed by atoms with van der Waals surface area (Å²) in [5.41, 5.74) is 2.27. The summed E-state index contributed by atoms with van der Waals surface area (Å²) >= 11 is -0.199. The first-order valence-corrected chi connectivity index (χ1v) is 8.33. The summed E-state index contributed by atoms with van der Waals surface area (Å²) in [6, 6.07) is 5.24. The van der Waals surface area contributed by atoms with Gasteiger partial charge in [-0.05, 0) is 0 Å². The first-order valence-electron chi connectivity index (χ1n) is 5.32. The predicted octanol–water partition coefficient (Wildman–Crippen LogP) is 1.87. The quantitative estimate of drug-likeness (QED) is 0.711. The summed E-state index contributed by atoms with van der Waals surface area (Å²) in [6.45, 7) is 1.65. The Kier molecular flexibility index (Phi) is 2.89. The third kappa shape index (κ3) is 2.16. The molecule has 0 radical (unpaired) electrons. The van der Waals surface area contributed by atoms with E-state index in [1.165, 1.54) is 6.20 Å². The van der Waals surface area contributed by atoms with Crippen molar-refractivity contribution >= 4 is 41.7 Å². The van der Waals surface area contributed by atoms with E-state index in [0.29, 0.717) is 17.1 Å². The number of nitrogens with one attached hydrogen (secondary N) is 2. The topological polar surface area (TPSA) is 99.6 Å². The van der Waals surface area contributed by atoms with Crippen LogP contribution in [0.3, 0.4) is 0 Å². The molecule has 2 N–H and O–H groups in total. The first kappa shape index (κ1) is 12.3. The van der Waals surface area contributed by atoms with Gasteiger partial charge in [0.25, 0.3) is 0 Å². The molecule has 0 unspecified atom stereocenters. The van der Waals surface area contributed by atoms with Crippen LogP contribution in [-0.4, -0.2) is 33.2 Å². The summed E-state index contributed by atoms with van der Waals surface area (Å²) < 4.78 is 35.5. The number of fused-ring (bicyclic) bond motifs is 1. The van der Waals surface area contributed by atoms with Crippen molar-refractivity contribution < 1.29 is 8.42 Å². The van der Waals surface area contributed by atoms with Crippen LogP contribution in [0.25, 0.3) is 0 Å². The molecule has 0 saturated carbocycles. The van der Waals surface area contributed by atoms with E-state index >= 15 is 0 Å². The van der Waals surface area contributed by atoms with Gasteiger partial charge in [-0.2, -0.15) is 0 Å². The van der Waals surface area contributed by atoms with Crippen molar-refractivity contribution in [3.63, 3.8) is 0 Å². The summed E-state index contributed by atoms with van der Waals surface area (Å²) in [5.74, 6) is 0. The standard InChI is InChI=1S/C10H9N5O2SSe/c1-6-9(5-11-12-6)18(16,17)13-7-3-2-4-8-10(7)15-19-14-8/h2-5,13H,1H3,(H,11,12). The van der Waals surface area contributed by atoms with Gasteiger partial charge < -0.3 is 0 Å². The van der Waals surface area contributed by atoms with Gasteiger partial charge in [-0.1, -0.05) is 0 Å². The molecule has 19 heavy (non-hydrogen) atoms. The van der Waals surface area contributed by atoms with Gasteiger partial charge in [0.2, 0.25) is 0 Å². The number of aryl methyl sites for hydroxylation is 1. The Balaban J connectivity index is 2.02. The van der Waals surface area contributed by atoms with Crippen molar-refractivity contribution in [1.82, 2.24) is 10.2 Å². The number of aromatic amines is 1. The molecule has 1 aromatic carbocycles. The number of hydrogen-bond donors (Lipinski definition) is 2. The molecular weight excluding hydrogens is 333 g/mol. The molecule has 2 heterocycles. The SMILES string of the molecule is Cc1[nH]ncc1S(=O)(=O)Nc1cccc2c1N=[Se]=N2. The third-order valence-electron chi connectivity index (χ3n) is 2.60. The molecule has 1 aliphatic heterocycles. The molecule has 9 heteroatoms. The molecule has 0 bridgehead atoms. The second kappa shape index (κ2) is 4.44. The minimum absolute atomic E-state index is 0.130. The van der Waals surface area contributed by atoms with Gasteiger partial charge in [0.1, 0.15) is 0 Å². The van der Waals surface area contributed by atoms with Crippen molar-refractivity contribution in [1.29, 1.82) is 0 Å². The van der Waals surface area contributed by atoms with Gasteiger partial charge in [0.15, 0.2) is 0 Å². The number of anilines is 1. The van der Waals surface area contributed by atoms with Crippen LogP contribution in [0, 0.1) is 6.92 Å². The zero-order valence-electron chi connectivity index (χ0n) is 9.78. The first-order chi connectivity index (χ1) is 9.08. The van der Waals surface area contributed by atoms with Crippen LogP contribution in [0.4, 0.5) is 17.1 Å². The fraction of sp³-hybridized carbons (Fsp3) is 0.100. The average Bonchev–Trinajstić information content (AvgIpc) is 2.97. The Hall–Kier alpha value is -1.70. The molecule has 3 rings (SSSR count). The molecule has 2 aromatic rings. The molecule has 98 valence electrons. The number of hydrogen-bond acceptors (Lipinski definition) is 5. The van der Waals surface area contributed by atoms with Crippen LogP contribution in [0.2, 0.25) is 0 Å². The summed E-state index contributed by atoms with van der Waals surface area (Å²) in [4.78, 5) is 0.130. The fourth-order valence-electron chi connectivity index (χ4n) is 1.70. The van der Waals surface area contributed by atoms with Crippen LogP contribution in [-0.2, 0) is 10.0 Å². The molecule has 0 fully saturated rings. The van der Waals surface area contributed by atoms with E-state index in [0.717, 1.165) is 5.69 Å². The Labute approximate surface area is 115 Å². The van der Waals surface area contributed by atoms with Crippen LogP contribution in [0.15, 0.2) is 37.2 Å². The molecule has 0 atom stereocenters. The Morgan fingerprint density at radius 2 is 2.16 bits per heavy atom. The van der Waals surface area contributed by atoms with Crippen LogP contribution in [0.5, 0.6) is 0 Å². The van der Waals surface area contributed by atoms with Crippen molar-refractivity contribution in [3.05, 3.63) is 30.1 Å². The van der Waals surface area contributed by atoms with E-state index in [2.05, 4.69) is 22.8 Å². The maximum atomic E-state index is 12.2. The molecular formula is C10H9N5O2SSe. The molecule has 0 amide bonds. The van der Waals surface area contributed by atoms with E-state index < -0.39 is 10.0 Å². The van der Waals surface area contributed by atoms with Crippen molar-refractivity contribution in [2.24, 2.45) is 7.92 Å². The van der Waals surface area contributed by atoms with Gasteiger partial charge in [-0.15, -0.1) is 0 Å². The van der Waals surface area contributed by atoms with E-state index in [1.807, 2.05) is 6.07 Å². The minimum atomic E-state index is -3.66. The molecule has 0 spiro atoms. The monoisotopic (exact) mass is 343 g/mol. The Morgan fingerprint density at radius 1 is 1.32 bits per heavy atom. The van der Waals surface area contributed by atoms with E-state index in [-0.39, 0.29) is 19.5 Å². The number of H-pyrrole nitrogens is 1. The average molecular weight is 342 g/mol. The second-order valence-corrected chi connectivity index (χ2v) is 6.66. The van der Waals surface area contributed by atoms with Gasteiger partial charge >= 0.3 is 115 Å². The molecule has 0 saturated heterocycles. The summed E-state index contributed by atoms with van der Waals surface area (Å²) in [7, 11) is -3.66. The Morgan fingerprint density at radius 3 is 2.89 bits per heavy atom. The fourth-order valence-corrected chi connectivity index (χ4v) is 4.06. The van der Waals surface area contributed by atoms with E-state index in [9.17, 15) is 8.42 Å². The summed E-state index contributed by atoms with van der Waals surface area (Å²) in [6.07, 6.45) is 1.28. The molecule has 1 aromatic heterocycles. The van der Waals surface area contributed by atoms with Crippen LogP contribution in [0.1, 0.15) is 5.69 Å². The summed E-state index contributed by atoms with van der Waals surface area (Å²) in [5, 5.41) is 6.32. The maximum absolute atomic E-state index is 12.2. The van der Waals surface area contributed by atoms with Crippen molar-refractivity contribution in [2.45, 2.75) is 11.8 Å². The van der Waals surface area contributed by atoms with E-state index in [1.54, 1.807) is 19.1 Å². The number of benzene rings is 1. The number of nitrogens with zero attached hydrogens (tertiary/aromatic N) is 3.